The monoisotopic (exact) mass is 281 g/mol. The summed E-state index contributed by atoms with van der Waals surface area (Å²) in [6.45, 7) is 4.92. The molecule has 2 rings (SSSR count). The maximum atomic E-state index is 13.7. The van der Waals surface area contributed by atoms with E-state index in [0.717, 1.165) is 19.2 Å². The molecule has 0 amide bonds. The van der Waals surface area contributed by atoms with Gasteiger partial charge in [0, 0.05) is 18.7 Å². The van der Waals surface area contributed by atoms with E-state index in [4.69, 9.17) is 0 Å². The lowest BCUT2D eigenvalue weighted by Gasteiger charge is -2.32. The SMILES string of the molecule is CC(CNc1ccc([N+](=O)[O-])cc1F)N1CCCCC1. The lowest BCUT2D eigenvalue weighted by molar-refractivity contribution is -0.385. The Morgan fingerprint density at radius 3 is 2.70 bits per heavy atom. The number of nitrogens with zero attached hydrogens (tertiary/aromatic N) is 2. The molecule has 20 heavy (non-hydrogen) atoms. The van der Waals surface area contributed by atoms with Crippen LogP contribution in [0.15, 0.2) is 18.2 Å². The van der Waals surface area contributed by atoms with Gasteiger partial charge in [0.15, 0.2) is 5.82 Å². The van der Waals surface area contributed by atoms with Gasteiger partial charge in [-0.2, -0.15) is 0 Å². The van der Waals surface area contributed by atoms with E-state index in [1.54, 1.807) is 0 Å². The van der Waals surface area contributed by atoms with Crippen molar-refractivity contribution >= 4 is 11.4 Å². The Hall–Kier alpha value is -1.69. The van der Waals surface area contributed by atoms with E-state index in [2.05, 4.69) is 17.1 Å². The van der Waals surface area contributed by atoms with Gasteiger partial charge in [-0.05, 0) is 38.9 Å². The van der Waals surface area contributed by atoms with Crippen LogP contribution in [0.5, 0.6) is 0 Å². The number of rotatable bonds is 5. The average Bonchev–Trinajstić information content (AvgIpc) is 2.46. The zero-order valence-corrected chi connectivity index (χ0v) is 11.6. The zero-order valence-electron chi connectivity index (χ0n) is 11.6. The van der Waals surface area contributed by atoms with E-state index in [0.29, 0.717) is 18.3 Å². The quantitative estimate of drug-likeness (QED) is 0.665. The summed E-state index contributed by atoms with van der Waals surface area (Å²) in [5, 5.41) is 13.6. The third-order valence-electron chi connectivity index (χ3n) is 3.77. The molecule has 0 aromatic heterocycles. The Morgan fingerprint density at radius 1 is 1.40 bits per heavy atom. The van der Waals surface area contributed by atoms with Gasteiger partial charge in [-0.1, -0.05) is 6.42 Å². The molecular weight excluding hydrogens is 261 g/mol. The van der Waals surface area contributed by atoms with Gasteiger partial charge in [0.05, 0.1) is 16.7 Å². The third-order valence-corrected chi connectivity index (χ3v) is 3.77. The van der Waals surface area contributed by atoms with Crippen molar-refractivity contribution in [3.63, 3.8) is 0 Å². The highest BCUT2D eigenvalue weighted by Gasteiger charge is 2.17. The van der Waals surface area contributed by atoms with Crippen LogP contribution in [-0.4, -0.2) is 35.5 Å². The first-order chi connectivity index (χ1) is 9.58. The molecule has 0 spiro atoms. The minimum absolute atomic E-state index is 0.225. The fourth-order valence-corrected chi connectivity index (χ4v) is 2.51. The van der Waals surface area contributed by atoms with Crippen LogP contribution in [0.4, 0.5) is 15.8 Å². The molecule has 110 valence electrons. The summed E-state index contributed by atoms with van der Waals surface area (Å²) in [6.07, 6.45) is 3.72. The molecule has 6 heteroatoms. The van der Waals surface area contributed by atoms with Crippen LogP contribution in [0.2, 0.25) is 0 Å². The summed E-state index contributed by atoms with van der Waals surface area (Å²) in [7, 11) is 0. The van der Waals surface area contributed by atoms with Crippen molar-refractivity contribution in [3.05, 3.63) is 34.1 Å². The predicted molar refractivity (Wildman–Crippen MR) is 76.4 cm³/mol. The molecule has 1 atom stereocenters. The van der Waals surface area contributed by atoms with Gasteiger partial charge in [0.1, 0.15) is 0 Å². The number of nitrogens with one attached hydrogen (secondary N) is 1. The Morgan fingerprint density at radius 2 is 2.10 bits per heavy atom. The van der Waals surface area contributed by atoms with Gasteiger partial charge < -0.3 is 5.32 Å². The molecule has 1 N–H and O–H groups in total. The highest BCUT2D eigenvalue weighted by molar-refractivity contribution is 5.50. The fourth-order valence-electron chi connectivity index (χ4n) is 2.51. The van der Waals surface area contributed by atoms with Crippen LogP contribution < -0.4 is 5.32 Å². The molecule has 1 saturated heterocycles. The second kappa shape index (κ2) is 6.65. The first-order valence-corrected chi connectivity index (χ1v) is 7.00. The number of hydrogen-bond acceptors (Lipinski definition) is 4. The smallest absolute Gasteiger partial charge is 0.272 e. The van der Waals surface area contributed by atoms with Gasteiger partial charge in [-0.3, -0.25) is 15.0 Å². The highest BCUT2D eigenvalue weighted by Crippen LogP contribution is 2.21. The van der Waals surface area contributed by atoms with Gasteiger partial charge in [0.25, 0.3) is 5.69 Å². The molecule has 1 unspecified atom stereocenters. The van der Waals surface area contributed by atoms with Gasteiger partial charge in [0.2, 0.25) is 0 Å². The third kappa shape index (κ3) is 3.66. The number of hydrogen-bond donors (Lipinski definition) is 1. The molecule has 5 nitrogen and oxygen atoms in total. The maximum absolute atomic E-state index is 13.7. The van der Waals surface area contributed by atoms with Crippen molar-refractivity contribution in [1.29, 1.82) is 0 Å². The number of piperidine rings is 1. The number of anilines is 1. The van der Waals surface area contributed by atoms with E-state index in [-0.39, 0.29) is 5.69 Å². The number of halogens is 1. The minimum Gasteiger partial charge on any atom is -0.381 e. The van der Waals surface area contributed by atoms with Crippen LogP contribution >= 0.6 is 0 Å². The lowest BCUT2D eigenvalue weighted by atomic mass is 10.1. The van der Waals surface area contributed by atoms with Gasteiger partial charge >= 0.3 is 0 Å². The number of likely N-dealkylation sites (tertiary alicyclic amines) is 1. The first-order valence-electron chi connectivity index (χ1n) is 7.00. The topological polar surface area (TPSA) is 58.4 Å². The second-order valence-corrected chi connectivity index (χ2v) is 5.25. The molecule has 1 aromatic carbocycles. The summed E-state index contributed by atoms with van der Waals surface area (Å²) >= 11 is 0. The number of non-ortho nitro benzene ring substituents is 1. The van der Waals surface area contributed by atoms with E-state index < -0.39 is 10.7 Å². The van der Waals surface area contributed by atoms with E-state index in [9.17, 15) is 14.5 Å². The molecular formula is C14H20FN3O2. The van der Waals surface area contributed by atoms with Crippen LogP contribution in [0.1, 0.15) is 26.2 Å². The summed E-state index contributed by atoms with van der Waals surface area (Å²) in [4.78, 5) is 12.3. The molecule has 0 saturated carbocycles. The van der Waals surface area contributed by atoms with Crippen LogP contribution in [0, 0.1) is 15.9 Å². The van der Waals surface area contributed by atoms with E-state index in [1.807, 2.05) is 0 Å². The largest absolute Gasteiger partial charge is 0.381 e. The molecule has 1 fully saturated rings. The van der Waals surface area contributed by atoms with Crippen LogP contribution in [-0.2, 0) is 0 Å². The molecule has 1 aliphatic heterocycles. The molecule has 0 bridgehead atoms. The van der Waals surface area contributed by atoms with Crippen molar-refractivity contribution < 1.29 is 9.31 Å². The summed E-state index contributed by atoms with van der Waals surface area (Å²) < 4.78 is 13.7. The van der Waals surface area contributed by atoms with E-state index >= 15 is 0 Å². The molecule has 1 aliphatic rings. The molecule has 0 aliphatic carbocycles. The van der Waals surface area contributed by atoms with Crippen molar-refractivity contribution in [2.75, 3.05) is 25.0 Å². The average molecular weight is 281 g/mol. The Bertz CT molecular complexity index is 475. The standard InChI is InChI=1S/C14H20FN3O2/c1-11(17-7-3-2-4-8-17)10-16-14-6-5-12(18(19)20)9-13(14)15/h5-6,9,11,16H,2-4,7-8,10H2,1H3. The Labute approximate surface area is 117 Å². The minimum atomic E-state index is -0.594. The van der Waals surface area contributed by atoms with Crippen LogP contribution in [0.25, 0.3) is 0 Å². The summed E-state index contributed by atoms with van der Waals surface area (Å²) in [6, 6.07) is 4.02. The van der Waals surface area contributed by atoms with Crippen molar-refractivity contribution in [1.82, 2.24) is 4.90 Å². The summed E-state index contributed by atoms with van der Waals surface area (Å²) in [5.74, 6) is -0.579. The van der Waals surface area contributed by atoms with Crippen molar-refractivity contribution in [3.8, 4) is 0 Å². The molecule has 1 heterocycles. The van der Waals surface area contributed by atoms with Crippen LogP contribution in [0.3, 0.4) is 0 Å². The zero-order chi connectivity index (χ0) is 14.5. The predicted octanol–water partition coefficient (Wildman–Crippen LogP) is 3.02. The highest BCUT2D eigenvalue weighted by atomic mass is 19.1. The van der Waals surface area contributed by atoms with Crippen molar-refractivity contribution in [2.24, 2.45) is 0 Å². The first kappa shape index (κ1) is 14.7. The maximum Gasteiger partial charge on any atom is 0.272 e. The number of nitro groups is 1. The second-order valence-electron chi connectivity index (χ2n) is 5.25. The normalized spacial score (nSPS) is 17.7. The van der Waals surface area contributed by atoms with Gasteiger partial charge in [-0.25, -0.2) is 4.39 Å². The molecule has 1 aromatic rings. The Balaban J connectivity index is 1.91. The summed E-state index contributed by atoms with van der Waals surface area (Å²) in [5.41, 5.74) is 0.0941. The fraction of sp³-hybridized carbons (Fsp3) is 0.571. The number of benzene rings is 1. The number of nitro benzene ring substituents is 1. The van der Waals surface area contributed by atoms with Gasteiger partial charge in [-0.15, -0.1) is 0 Å². The van der Waals surface area contributed by atoms with E-state index in [1.165, 1.54) is 31.4 Å². The lowest BCUT2D eigenvalue weighted by Crippen LogP contribution is -2.41. The van der Waals surface area contributed by atoms with Crippen molar-refractivity contribution in [2.45, 2.75) is 32.2 Å². The molecule has 0 radical (unpaired) electrons. The Kier molecular flexibility index (Phi) is 4.89.